The molecule has 0 radical (unpaired) electrons. The molecule has 2 aliphatic rings. The molecule has 1 heterocycles. The van der Waals surface area contributed by atoms with Crippen molar-refractivity contribution in [1.82, 2.24) is 4.90 Å². The minimum Gasteiger partial charge on any atom is -0.328 e. The Balaban J connectivity index is 1.86. The van der Waals surface area contributed by atoms with Crippen molar-refractivity contribution in [3.8, 4) is 0 Å². The maximum absolute atomic E-state index is 12.5. The number of hydrogen-bond acceptors (Lipinski definition) is 3. The molecule has 0 saturated heterocycles. The third-order valence-electron chi connectivity index (χ3n) is 3.95. The third kappa shape index (κ3) is 2.21. The molecule has 1 aromatic carbocycles. The molecule has 1 atom stereocenters. The molecule has 1 aliphatic heterocycles. The fraction of sp³-hybridized carbons (Fsp3) is 0.400. The molecule has 0 spiro atoms. The number of rotatable bonds is 1. The molecule has 1 fully saturated rings. The van der Waals surface area contributed by atoms with Crippen LogP contribution in [0.2, 0.25) is 0 Å². The van der Waals surface area contributed by atoms with Gasteiger partial charge in [0, 0.05) is 23.4 Å². The molecule has 1 saturated carbocycles. The van der Waals surface area contributed by atoms with Gasteiger partial charge in [0.15, 0.2) is 5.78 Å². The Kier molecular flexibility index (Phi) is 3.19. The molecule has 1 aliphatic carbocycles. The Hall–Kier alpha value is -1.55. The summed E-state index contributed by atoms with van der Waals surface area (Å²) in [5, 5.41) is 0. The van der Waals surface area contributed by atoms with E-state index in [0.29, 0.717) is 19.4 Å². The second-order valence-corrected chi connectivity index (χ2v) is 5.72. The molecule has 0 N–H and O–H groups in total. The highest BCUT2D eigenvalue weighted by atomic mass is 32.1. The van der Waals surface area contributed by atoms with E-state index in [1.807, 2.05) is 24.3 Å². The number of carbonyl (C=O) groups excluding carboxylic acids is 2. The minimum atomic E-state index is -0.271. The number of hydrogen-bond donors (Lipinski definition) is 0. The van der Waals surface area contributed by atoms with Gasteiger partial charge in [-0.05, 0) is 30.9 Å². The van der Waals surface area contributed by atoms with Crippen LogP contribution in [0.25, 0.3) is 0 Å². The number of amides is 1. The number of thiocarbonyl (C=S) groups is 1. The molecular formula is C15H15NO2S. The van der Waals surface area contributed by atoms with Crippen LogP contribution >= 0.6 is 12.2 Å². The number of carbonyl (C=O) groups is 2. The van der Waals surface area contributed by atoms with Crippen molar-refractivity contribution in [2.24, 2.45) is 0 Å². The van der Waals surface area contributed by atoms with Crippen LogP contribution in [0.3, 0.4) is 0 Å². The molecule has 1 amide bonds. The summed E-state index contributed by atoms with van der Waals surface area (Å²) in [7, 11) is 0. The van der Waals surface area contributed by atoms with Crippen LogP contribution in [0.5, 0.6) is 0 Å². The summed E-state index contributed by atoms with van der Waals surface area (Å²) >= 11 is 5.11. The predicted molar refractivity (Wildman–Crippen MR) is 76.4 cm³/mol. The van der Waals surface area contributed by atoms with Crippen LogP contribution in [0, 0.1) is 0 Å². The number of ketones is 1. The van der Waals surface area contributed by atoms with E-state index in [4.69, 9.17) is 12.2 Å². The Labute approximate surface area is 117 Å². The second-order valence-electron chi connectivity index (χ2n) is 5.14. The summed E-state index contributed by atoms with van der Waals surface area (Å²) in [6.07, 6.45) is 2.64. The average Bonchev–Trinajstić information content (AvgIpc) is 2.41. The highest BCUT2D eigenvalue weighted by Crippen LogP contribution is 2.25. The molecule has 0 aromatic heterocycles. The second kappa shape index (κ2) is 4.85. The molecule has 98 valence electrons. The minimum absolute atomic E-state index is 0.00646. The molecule has 1 aromatic rings. The maximum atomic E-state index is 12.5. The lowest BCUT2D eigenvalue weighted by atomic mass is 9.89. The van der Waals surface area contributed by atoms with Crippen molar-refractivity contribution in [1.29, 1.82) is 0 Å². The largest absolute Gasteiger partial charge is 0.328 e. The van der Waals surface area contributed by atoms with Crippen LogP contribution in [-0.4, -0.2) is 34.0 Å². The standard InChI is InChI=1S/C15H15NO2S/c17-14-9-11(19)5-6-13(14)16-8-7-10-3-1-2-4-12(10)15(16)18/h1-4,13H,5-9H2. The first-order valence-corrected chi connectivity index (χ1v) is 7.01. The molecule has 0 bridgehead atoms. The molecule has 3 nitrogen and oxygen atoms in total. The fourth-order valence-corrected chi connectivity index (χ4v) is 3.19. The molecule has 4 heteroatoms. The zero-order chi connectivity index (χ0) is 13.4. The van der Waals surface area contributed by atoms with E-state index in [0.717, 1.165) is 28.8 Å². The quantitative estimate of drug-likeness (QED) is 0.736. The summed E-state index contributed by atoms with van der Waals surface area (Å²) in [6, 6.07) is 7.39. The van der Waals surface area contributed by atoms with Gasteiger partial charge in [-0.3, -0.25) is 9.59 Å². The van der Waals surface area contributed by atoms with Crippen molar-refractivity contribution < 1.29 is 9.59 Å². The Morgan fingerprint density at radius 2 is 1.95 bits per heavy atom. The number of benzene rings is 1. The van der Waals surface area contributed by atoms with Gasteiger partial charge in [-0.2, -0.15) is 0 Å². The highest BCUT2D eigenvalue weighted by molar-refractivity contribution is 7.80. The number of fused-ring (bicyclic) bond motifs is 1. The SMILES string of the molecule is O=C1CC(=S)CCC1N1CCc2ccccc2C1=O. The molecule has 1 unspecified atom stereocenters. The first-order valence-electron chi connectivity index (χ1n) is 6.60. The van der Waals surface area contributed by atoms with Gasteiger partial charge in [0.25, 0.3) is 5.91 Å². The lowest BCUT2D eigenvalue weighted by Crippen LogP contribution is -2.50. The Bertz CT molecular complexity index is 567. The highest BCUT2D eigenvalue weighted by Gasteiger charge is 2.35. The van der Waals surface area contributed by atoms with Crippen molar-refractivity contribution in [2.75, 3.05) is 6.54 Å². The maximum Gasteiger partial charge on any atom is 0.254 e. The molecule has 3 rings (SSSR count). The summed E-state index contributed by atoms with van der Waals surface area (Å²) < 4.78 is 0. The normalized spacial score (nSPS) is 23.5. The zero-order valence-corrected chi connectivity index (χ0v) is 11.4. The fourth-order valence-electron chi connectivity index (χ4n) is 2.93. The van der Waals surface area contributed by atoms with Crippen LogP contribution in [0.4, 0.5) is 0 Å². The lowest BCUT2D eigenvalue weighted by molar-refractivity contribution is -0.123. The van der Waals surface area contributed by atoms with Gasteiger partial charge >= 0.3 is 0 Å². The number of Topliss-reactive ketones (excluding diaryl/α,β-unsaturated/α-hetero) is 1. The summed E-state index contributed by atoms with van der Waals surface area (Å²) in [5.41, 5.74) is 1.83. The first-order chi connectivity index (χ1) is 9.16. The van der Waals surface area contributed by atoms with Gasteiger partial charge in [-0.15, -0.1) is 0 Å². The van der Waals surface area contributed by atoms with Gasteiger partial charge in [0.05, 0.1) is 6.04 Å². The van der Waals surface area contributed by atoms with Crippen molar-refractivity contribution in [2.45, 2.75) is 31.7 Å². The van der Waals surface area contributed by atoms with E-state index >= 15 is 0 Å². The summed E-state index contributed by atoms with van der Waals surface area (Å²) in [6.45, 7) is 0.638. The van der Waals surface area contributed by atoms with Crippen LogP contribution in [-0.2, 0) is 11.2 Å². The van der Waals surface area contributed by atoms with E-state index in [9.17, 15) is 9.59 Å². The van der Waals surface area contributed by atoms with Gasteiger partial charge in [0.1, 0.15) is 0 Å². The van der Waals surface area contributed by atoms with Crippen LogP contribution < -0.4 is 0 Å². The Morgan fingerprint density at radius 3 is 2.74 bits per heavy atom. The summed E-state index contributed by atoms with van der Waals surface area (Å²) in [4.78, 5) is 27.1. The van der Waals surface area contributed by atoms with Gasteiger partial charge in [0.2, 0.25) is 0 Å². The van der Waals surface area contributed by atoms with Gasteiger partial charge in [-0.1, -0.05) is 30.4 Å². The molecule has 19 heavy (non-hydrogen) atoms. The van der Waals surface area contributed by atoms with Gasteiger partial charge < -0.3 is 4.90 Å². The van der Waals surface area contributed by atoms with Crippen molar-refractivity contribution in [3.05, 3.63) is 35.4 Å². The smallest absolute Gasteiger partial charge is 0.254 e. The summed E-state index contributed by atoms with van der Waals surface area (Å²) in [5.74, 6) is 0.0944. The van der Waals surface area contributed by atoms with Crippen molar-refractivity contribution in [3.63, 3.8) is 0 Å². The van der Waals surface area contributed by atoms with Crippen molar-refractivity contribution >= 4 is 28.8 Å². The van der Waals surface area contributed by atoms with Crippen LogP contribution in [0.1, 0.15) is 35.2 Å². The van der Waals surface area contributed by atoms with E-state index < -0.39 is 0 Å². The van der Waals surface area contributed by atoms with E-state index in [2.05, 4.69) is 0 Å². The van der Waals surface area contributed by atoms with E-state index in [1.165, 1.54) is 0 Å². The monoisotopic (exact) mass is 273 g/mol. The van der Waals surface area contributed by atoms with E-state index in [-0.39, 0.29) is 17.7 Å². The number of nitrogens with zero attached hydrogens (tertiary/aromatic N) is 1. The first kappa shape index (κ1) is 12.5. The van der Waals surface area contributed by atoms with Crippen LogP contribution in [0.15, 0.2) is 24.3 Å². The lowest BCUT2D eigenvalue weighted by Gasteiger charge is -2.36. The average molecular weight is 273 g/mol. The third-order valence-corrected chi connectivity index (χ3v) is 4.30. The Morgan fingerprint density at radius 1 is 1.16 bits per heavy atom. The van der Waals surface area contributed by atoms with Gasteiger partial charge in [-0.25, -0.2) is 0 Å². The molecular weight excluding hydrogens is 258 g/mol. The zero-order valence-electron chi connectivity index (χ0n) is 10.6. The predicted octanol–water partition coefficient (Wildman–Crippen LogP) is 2.18. The topological polar surface area (TPSA) is 37.4 Å². The van der Waals surface area contributed by atoms with E-state index in [1.54, 1.807) is 4.90 Å².